The Morgan fingerprint density at radius 1 is 1.30 bits per heavy atom. The summed E-state index contributed by atoms with van der Waals surface area (Å²) in [5.74, 6) is 1.90. The van der Waals surface area contributed by atoms with Crippen molar-refractivity contribution in [3.63, 3.8) is 0 Å². The maximum atomic E-state index is 5.35. The Balaban J connectivity index is 1.72. The van der Waals surface area contributed by atoms with Gasteiger partial charge in [0.1, 0.15) is 0 Å². The fourth-order valence-corrected chi connectivity index (χ4v) is 2.98. The summed E-state index contributed by atoms with van der Waals surface area (Å²) < 4.78 is 5.35. The minimum atomic E-state index is 0.371. The second-order valence-corrected chi connectivity index (χ2v) is 5.60. The lowest BCUT2D eigenvalue weighted by atomic mass is 9.95. The zero-order valence-electron chi connectivity index (χ0n) is 12.1. The highest BCUT2D eigenvalue weighted by atomic mass is 16.5. The molecule has 2 unspecified atom stereocenters. The zero-order chi connectivity index (χ0) is 13.9. The standard InChI is InChI=1S/C16H21N3O/c1-12(14-7-4-3-5-8-14)19-10-6-9-15(11-19)16-17-13(2)18-20-16/h3-5,7-8,12,15H,6,9-11H2,1-2H3. The van der Waals surface area contributed by atoms with E-state index in [-0.39, 0.29) is 0 Å². The van der Waals surface area contributed by atoms with Gasteiger partial charge < -0.3 is 4.52 Å². The van der Waals surface area contributed by atoms with E-state index >= 15 is 0 Å². The van der Waals surface area contributed by atoms with Gasteiger partial charge in [0.25, 0.3) is 0 Å². The molecule has 0 aliphatic carbocycles. The highest BCUT2D eigenvalue weighted by Crippen LogP contribution is 2.31. The van der Waals surface area contributed by atoms with Crippen molar-refractivity contribution < 1.29 is 4.52 Å². The van der Waals surface area contributed by atoms with Crippen LogP contribution in [0.15, 0.2) is 34.9 Å². The molecule has 2 atom stereocenters. The molecule has 0 spiro atoms. The SMILES string of the molecule is Cc1noc(C2CCCN(C(C)c3ccccc3)C2)n1. The average molecular weight is 271 g/mol. The molecule has 106 valence electrons. The van der Waals surface area contributed by atoms with Gasteiger partial charge in [0.05, 0.1) is 5.92 Å². The Morgan fingerprint density at radius 2 is 2.10 bits per heavy atom. The average Bonchev–Trinajstić information content (AvgIpc) is 2.94. The van der Waals surface area contributed by atoms with Crippen LogP contribution in [0.2, 0.25) is 0 Å². The summed E-state index contributed by atoms with van der Waals surface area (Å²) >= 11 is 0. The van der Waals surface area contributed by atoms with Crippen LogP contribution >= 0.6 is 0 Å². The van der Waals surface area contributed by atoms with E-state index in [9.17, 15) is 0 Å². The van der Waals surface area contributed by atoms with Gasteiger partial charge in [0.2, 0.25) is 5.89 Å². The number of benzene rings is 1. The molecule has 0 radical (unpaired) electrons. The molecule has 1 aromatic carbocycles. The van der Waals surface area contributed by atoms with Crippen LogP contribution in [0, 0.1) is 6.92 Å². The third kappa shape index (κ3) is 2.75. The van der Waals surface area contributed by atoms with Crippen molar-refractivity contribution in [2.24, 2.45) is 0 Å². The van der Waals surface area contributed by atoms with E-state index in [1.54, 1.807) is 0 Å². The molecule has 3 rings (SSSR count). The first kappa shape index (κ1) is 13.3. The number of nitrogens with zero attached hydrogens (tertiary/aromatic N) is 3. The number of hydrogen-bond acceptors (Lipinski definition) is 4. The quantitative estimate of drug-likeness (QED) is 0.859. The van der Waals surface area contributed by atoms with Crippen molar-refractivity contribution in [1.82, 2.24) is 15.0 Å². The number of hydrogen-bond donors (Lipinski definition) is 0. The van der Waals surface area contributed by atoms with Crippen LogP contribution in [-0.4, -0.2) is 28.1 Å². The van der Waals surface area contributed by atoms with Crippen LogP contribution in [0.3, 0.4) is 0 Å². The monoisotopic (exact) mass is 271 g/mol. The fraction of sp³-hybridized carbons (Fsp3) is 0.500. The summed E-state index contributed by atoms with van der Waals surface area (Å²) in [7, 11) is 0. The minimum absolute atomic E-state index is 0.371. The van der Waals surface area contributed by atoms with E-state index < -0.39 is 0 Å². The third-order valence-corrected chi connectivity index (χ3v) is 4.18. The van der Waals surface area contributed by atoms with Gasteiger partial charge in [0, 0.05) is 12.6 Å². The normalized spacial score (nSPS) is 21.8. The topological polar surface area (TPSA) is 42.2 Å². The Kier molecular flexibility index (Phi) is 3.83. The van der Waals surface area contributed by atoms with E-state index in [4.69, 9.17) is 4.52 Å². The van der Waals surface area contributed by atoms with Crippen molar-refractivity contribution >= 4 is 0 Å². The maximum absolute atomic E-state index is 5.35. The van der Waals surface area contributed by atoms with Crippen LogP contribution in [0.25, 0.3) is 0 Å². The summed E-state index contributed by atoms with van der Waals surface area (Å²) in [4.78, 5) is 6.91. The fourth-order valence-electron chi connectivity index (χ4n) is 2.98. The predicted octanol–water partition coefficient (Wildman–Crippen LogP) is 3.32. The van der Waals surface area contributed by atoms with Gasteiger partial charge in [-0.3, -0.25) is 4.90 Å². The molecule has 20 heavy (non-hydrogen) atoms. The van der Waals surface area contributed by atoms with E-state index in [1.807, 2.05) is 6.92 Å². The van der Waals surface area contributed by atoms with Gasteiger partial charge in [-0.05, 0) is 38.8 Å². The van der Waals surface area contributed by atoms with E-state index in [0.717, 1.165) is 31.2 Å². The van der Waals surface area contributed by atoms with E-state index in [0.29, 0.717) is 12.0 Å². The smallest absolute Gasteiger partial charge is 0.231 e. The first-order valence-corrected chi connectivity index (χ1v) is 7.33. The number of rotatable bonds is 3. The molecule has 1 fully saturated rings. The van der Waals surface area contributed by atoms with E-state index in [2.05, 4.69) is 52.3 Å². The van der Waals surface area contributed by atoms with E-state index in [1.165, 1.54) is 12.0 Å². The molecule has 1 aliphatic rings. The lowest BCUT2D eigenvalue weighted by Crippen LogP contribution is -2.36. The maximum Gasteiger partial charge on any atom is 0.231 e. The van der Waals surface area contributed by atoms with Gasteiger partial charge >= 0.3 is 0 Å². The summed E-state index contributed by atoms with van der Waals surface area (Å²) in [6.45, 7) is 6.29. The van der Waals surface area contributed by atoms with Crippen LogP contribution in [0.1, 0.15) is 49.0 Å². The summed E-state index contributed by atoms with van der Waals surface area (Å²) in [6, 6.07) is 11.1. The molecule has 2 heterocycles. The Labute approximate surface area is 119 Å². The second kappa shape index (κ2) is 5.75. The Bertz CT molecular complexity index is 552. The highest BCUT2D eigenvalue weighted by Gasteiger charge is 2.28. The number of piperidine rings is 1. The van der Waals surface area contributed by atoms with Crippen molar-refractivity contribution in [3.8, 4) is 0 Å². The molecule has 2 aromatic rings. The van der Waals surface area contributed by atoms with Gasteiger partial charge in [0.15, 0.2) is 5.82 Å². The lowest BCUT2D eigenvalue weighted by Gasteiger charge is -2.35. The number of likely N-dealkylation sites (tertiary alicyclic amines) is 1. The molecule has 4 heteroatoms. The summed E-state index contributed by atoms with van der Waals surface area (Å²) in [5.41, 5.74) is 1.37. The summed E-state index contributed by atoms with van der Waals surface area (Å²) in [6.07, 6.45) is 2.32. The molecule has 0 saturated carbocycles. The number of aryl methyl sites for hydroxylation is 1. The van der Waals surface area contributed by atoms with Gasteiger partial charge in [-0.15, -0.1) is 0 Å². The molecule has 1 aromatic heterocycles. The van der Waals surface area contributed by atoms with Gasteiger partial charge in [-0.1, -0.05) is 35.5 Å². The Hall–Kier alpha value is -1.68. The molecule has 0 N–H and O–H groups in total. The lowest BCUT2D eigenvalue weighted by molar-refractivity contribution is 0.144. The van der Waals surface area contributed by atoms with Crippen LogP contribution in [-0.2, 0) is 0 Å². The van der Waals surface area contributed by atoms with Gasteiger partial charge in [-0.2, -0.15) is 4.98 Å². The van der Waals surface area contributed by atoms with Gasteiger partial charge in [-0.25, -0.2) is 0 Å². The first-order valence-electron chi connectivity index (χ1n) is 7.33. The predicted molar refractivity (Wildman–Crippen MR) is 77.4 cm³/mol. The van der Waals surface area contributed by atoms with Crippen LogP contribution in [0.5, 0.6) is 0 Å². The van der Waals surface area contributed by atoms with Crippen molar-refractivity contribution in [2.75, 3.05) is 13.1 Å². The zero-order valence-corrected chi connectivity index (χ0v) is 12.1. The summed E-state index contributed by atoms with van der Waals surface area (Å²) in [5, 5.41) is 3.92. The Morgan fingerprint density at radius 3 is 2.80 bits per heavy atom. The van der Waals surface area contributed by atoms with Crippen molar-refractivity contribution in [1.29, 1.82) is 0 Å². The molecule has 1 aliphatic heterocycles. The van der Waals surface area contributed by atoms with Crippen molar-refractivity contribution in [2.45, 2.75) is 38.6 Å². The molecule has 1 saturated heterocycles. The highest BCUT2D eigenvalue weighted by molar-refractivity contribution is 5.18. The molecular weight excluding hydrogens is 250 g/mol. The van der Waals surface area contributed by atoms with Crippen LogP contribution in [0.4, 0.5) is 0 Å². The molecule has 0 bridgehead atoms. The second-order valence-electron chi connectivity index (χ2n) is 5.60. The molecule has 0 amide bonds. The first-order chi connectivity index (χ1) is 9.74. The van der Waals surface area contributed by atoms with Crippen molar-refractivity contribution in [3.05, 3.63) is 47.6 Å². The van der Waals surface area contributed by atoms with Crippen LogP contribution < -0.4 is 0 Å². The molecule has 4 nitrogen and oxygen atoms in total. The largest absolute Gasteiger partial charge is 0.339 e. The number of aromatic nitrogens is 2. The minimum Gasteiger partial charge on any atom is -0.339 e. The molecular formula is C16H21N3O. The third-order valence-electron chi connectivity index (χ3n) is 4.18.